The topological polar surface area (TPSA) is 92.4 Å². The van der Waals surface area contributed by atoms with Gasteiger partial charge in [-0.05, 0) is 69.2 Å². The number of nitrogens with one attached hydrogen (secondary N) is 1. The van der Waals surface area contributed by atoms with Crippen molar-refractivity contribution in [2.45, 2.75) is 69.3 Å². The third-order valence-corrected chi connectivity index (χ3v) is 6.80. The Morgan fingerprint density at radius 2 is 1.84 bits per heavy atom. The molecule has 1 aliphatic rings. The fraction of sp³-hybridized carbons (Fsp3) is 0.565. The minimum Gasteiger partial charge on any atom is -0.444 e. The molecular formula is C23H33N3O4S. The molecule has 0 bridgehead atoms. The molecule has 1 saturated heterocycles. The Labute approximate surface area is 185 Å². The lowest BCUT2D eigenvalue weighted by Gasteiger charge is -2.33. The van der Waals surface area contributed by atoms with E-state index in [0.717, 1.165) is 30.5 Å². The second kappa shape index (κ2) is 9.02. The van der Waals surface area contributed by atoms with E-state index >= 15 is 0 Å². The second-order valence-electron chi connectivity index (χ2n) is 9.50. The van der Waals surface area contributed by atoms with E-state index in [1.165, 1.54) is 11.8 Å². The van der Waals surface area contributed by atoms with Crippen molar-refractivity contribution in [2.75, 3.05) is 19.3 Å². The number of rotatable bonds is 5. The maximum atomic E-state index is 12.3. The zero-order valence-corrected chi connectivity index (χ0v) is 19.8. The Hall–Kier alpha value is -2.35. The van der Waals surface area contributed by atoms with Gasteiger partial charge in [-0.3, -0.25) is 5.10 Å². The van der Waals surface area contributed by atoms with E-state index in [-0.39, 0.29) is 12.0 Å². The largest absolute Gasteiger partial charge is 0.444 e. The van der Waals surface area contributed by atoms with E-state index in [1.54, 1.807) is 17.0 Å². The summed E-state index contributed by atoms with van der Waals surface area (Å²) in [6.07, 6.45) is 5.42. The first kappa shape index (κ1) is 23.3. The molecule has 1 aromatic carbocycles. The summed E-state index contributed by atoms with van der Waals surface area (Å²) < 4.78 is 28.8. The van der Waals surface area contributed by atoms with Gasteiger partial charge in [0.05, 0.1) is 11.1 Å². The van der Waals surface area contributed by atoms with E-state index in [1.807, 2.05) is 39.1 Å². The quantitative estimate of drug-likeness (QED) is 0.739. The molecule has 31 heavy (non-hydrogen) atoms. The summed E-state index contributed by atoms with van der Waals surface area (Å²) >= 11 is 0. The van der Waals surface area contributed by atoms with Gasteiger partial charge >= 0.3 is 6.09 Å². The first-order valence-electron chi connectivity index (χ1n) is 10.7. The molecule has 2 heterocycles. The Kier molecular flexibility index (Phi) is 6.79. The standard InChI is InChI=1S/C23H33N3O4S/c1-16(14-17-6-8-19(9-7-17)31(5,28)29)21-20(15-24-25-21)18-10-12-26(13-11-18)22(27)30-23(2,3)4/h6-9,15-16,18H,10-14H2,1-5H3,(H,24,25). The zero-order valence-electron chi connectivity index (χ0n) is 19.0. The van der Waals surface area contributed by atoms with Crippen LogP contribution in [0.5, 0.6) is 0 Å². The molecule has 0 aliphatic carbocycles. The van der Waals surface area contributed by atoms with E-state index < -0.39 is 15.4 Å². The number of sulfone groups is 1. The van der Waals surface area contributed by atoms with E-state index in [2.05, 4.69) is 17.1 Å². The van der Waals surface area contributed by atoms with Crippen LogP contribution in [0.2, 0.25) is 0 Å². The number of benzene rings is 1. The predicted molar refractivity (Wildman–Crippen MR) is 120 cm³/mol. The number of nitrogens with zero attached hydrogens (tertiary/aromatic N) is 2. The number of piperidine rings is 1. The second-order valence-corrected chi connectivity index (χ2v) is 11.5. The van der Waals surface area contributed by atoms with Crippen molar-refractivity contribution in [1.82, 2.24) is 15.1 Å². The number of aromatic amines is 1. The highest BCUT2D eigenvalue weighted by atomic mass is 32.2. The van der Waals surface area contributed by atoms with Crippen LogP contribution in [0.3, 0.4) is 0 Å². The summed E-state index contributed by atoms with van der Waals surface area (Å²) in [5, 5.41) is 7.47. The van der Waals surface area contributed by atoms with Gasteiger partial charge in [0, 0.05) is 31.0 Å². The van der Waals surface area contributed by atoms with Crippen LogP contribution in [-0.2, 0) is 21.0 Å². The molecule has 1 fully saturated rings. The van der Waals surface area contributed by atoms with Crippen LogP contribution in [0.15, 0.2) is 35.4 Å². The van der Waals surface area contributed by atoms with Gasteiger partial charge in [-0.1, -0.05) is 19.1 Å². The normalized spacial score (nSPS) is 16.9. The van der Waals surface area contributed by atoms with Crippen LogP contribution in [0.1, 0.15) is 69.2 Å². The first-order chi connectivity index (χ1) is 14.4. The number of amides is 1. The molecule has 2 aromatic rings. The number of hydrogen-bond acceptors (Lipinski definition) is 5. The van der Waals surface area contributed by atoms with Crippen LogP contribution >= 0.6 is 0 Å². The van der Waals surface area contributed by atoms with Crippen molar-refractivity contribution in [3.05, 3.63) is 47.3 Å². The molecule has 1 amide bonds. The number of carbonyl (C=O) groups is 1. The lowest BCUT2D eigenvalue weighted by molar-refractivity contribution is 0.0204. The third-order valence-electron chi connectivity index (χ3n) is 5.67. The molecule has 1 aliphatic heterocycles. The van der Waals surface area contributed by atoms with Gasteiger partial charge in [-0.2, -0.15) is 5.10 Å². The van der Waals surface area contributed by atoms with Crippen molar-refractivity contribution in [1.29, 1.82) is 0 Å². The Bertz CT molecular complexity index is 998. The molecule has 1 unspecified atom stereocenters. The number of aromatic nitrogens is 2. The van der Waals surface area contributed by atoms with Gasteiger partial charge in [0.25, 0.3) is 0 Å². The summed E-state index contributed by atoms with van der Waals surface area (Å²) in [4.78, 5) is 14.4. The van der Waals surface area contributed by atoms with E-state index in [4.69, 9.17) is 4.74 Å². The highest BCUT2D eigenvalue weighted by molar-refractivity contribution is 7.90. The molecular weight excluding hydrogens is 414 g/mol. The maximum absolute atomic E-state index is 12.3. The van der Waals surface area contributed by atoms with Gasteiger partial charge in [0.1, 0.15) is 5.60 Å². The number of likely N-dealkylation sites (tertiary alicyclic amines) is 1. The fourth-order valence-electron chi connectivity index (χ4n) is 4.05. The van der Waals surface area contributed by atoms with Gasteiger partial charge < -0.3 is 9.64 Å². The van der Waals surface area contributed by atoms with Gasteiger partial charge in [0.2, 0.25) is 0 Å². The molecule has 8 heteroatoms. The minimum absolute atomic E-state index is 0.213. The maximum Gasteiger partial charge on any atom is 0.410 e. The SMILES string of the molecule is CC(Cc1ccc(S(C)(=O)=O)cc1)c1[nH]ncc1C1CCN(C(=O)OC(C)(C)C)CC1. The number of hydrogen-bond donors (Lipinski definition) is 1. The number of H-pyrrole nitrogens is 1. The smallest absolute Gasteiger partial charge is 0.410 e. The lowest BCUT2D eigenvalue weighted by Crippen LogP contribution is -2.41. The van der Waals surface area contributed by atoms with Crippen molar-refractivity contribution >= 4 is 15.9 Å². The number of ether oxygens (including phenoxy) is 1. The van der Waals surface area contributed by atoms with E-state index in [0.29, 0.717) is 23.9 Å². The van der Waals surface area contributed by atoms with Gasteiger partial charge in [-0.15, -0.1) is 0 Å². The third kappa shape index (κ3) is 6.09. The van der Waals surface area contributed by atoms with Crippen LogP contribution in [0, 0.1) is 0 Å². The molecule has 3 rings (SSSR count). The molecule has 0 saturated carbocycles. The molecule has 1 aromatic heterocycles. The van der Waals surface area contributed by atoms with Crippen molar-refractivity contribution in [2.24, 2.45) is 0 Å². The van der Waals surface area contributed by atoms with Crippen LogP contribution < -0.4 is 0 Å². The highest BCUT2D eigenvalue weighted by Crippen LogP contribution is 2.34. The highest BCUT2D eigenvalue weighted by Gasteiger charge is 2.29. The lowest BCUT2D eigenvalue weighted by atomic mass is 9.85. The van der Waals surface area contributed by atoms with Crippen molar-refractivity contribution in [3.63, 3.8) is 0 Å². The van der Waals surface area contributed by atoms with Crippen molar-refractivity contribution in [3.8, 4) is 0 Å². The summed E-state index contributed by atoms with van der Waals surface area (Å²) in [5.41, 5.74) is 2.92. The minimum atomic E-state index is -3.19. The predicted octanol–water partition coefficient (Wildman–Crippen LogP) is 4.27. The Morgan fingerprint density at radius 1 is 1.23 bits per heavy atom. The van der Waals surface area contributed by atoms with Crippen molar-refractivity contribution < 1.29 is 17.9 Å². The summed E-state index contributed by atoms with van der Waals surface area (Å²) in [6, 6.07) is 7.08. The molecule has 0 radical (unpaired) electrons. The number of carbonyl (C=O) groups excluding carboxylic acids is 1. The van der Waals surface area contributed by atoms with Gasteiger partial charge in [0.15, 0.2) is 9.84 Å². The van der Waals surface area contributed by atoms with E-state index in [9.17, 15) is 13.2 Å². The molecule has 1 atom stereocenters. The first-order valence-corrected chi connectivity index (χ1v) is 12.6. The Balaban J connectivity index is 1.63. The zero-order chi connectivity index (χ0) is 22.8. The fourth-order valence-corrected chi connectivity index (χ4v) is 4.68. The van der Waals surface area contributed by atoms with Crippen LogP contribution in [0.4, 0.5) is 4.79 Å². The van der Waals surface area contributed by atoms with Crippen LogP contribution in [0.25, 0.3) is 0 Å². The summed E-state index contributed by atoms with van der Waals surface area (Å²) in [7, 11) is -3.19. The molecule has 7 nitrogen and oxygen atoms in total. The average molecular weight is 448 g/mol. The molecule has 1 N–H and O–H groups in total. The Morgan fingerprint density at radius 3 is 2.39 bits per heavy atom. The van der Waals surface area contributed by atoms with Gasteiger partial charge in [-0.25, -0.2) is 13.2 Å². The van der Waals surface area contributed by atoms with Crippen LogP contribution in [-0.4, -0.2) is 54.6 Å². The molecule has 0 spiro atoms. The molecule has 170 valence electrons. The average Bonchev–Trinajstić information content (AvgIpc) is 3.16. The summed E-state index contributed by atoms with van der Waals surface area (Å²) in [6.45, 7) is 9.14. The summed E-state index contributed by atoms with van der Waals surface area (Å²) in [5.74, 6) is 0.563. The monoisotopic (exact) mass is 447 g/mol.